The van der Waals surface area contributed by atoms with E-state index in [1.165, 1.54) is 44.9 Å². The first-order valence-corrected chi connectivity index (χ1v) is 11.4. The lowest BCUT2D eigenvalue weighted by atomic mass is 9.65. The Morgan fingerprint density at radius 2 is 1.83 bits per heavy atom. The Bertz CT molecular complexity index is 642. The van der Waals surface area contributed by atoms with Crippen LogP contribution in [0.2, 0.25) is 0 Å². The number of allylic oxidation sites excluding steroid dienone is 4. The van der Waals surface area contributed by atoms with E-state index in [9.17, 15) is 8.78 Å². The zero-order valence-electron chi connectivity index (χ0n) is 19.6. The summed E-state index contributed by atoms with van der Waals surface area (Å²) in [6, 6.07) is 7.70. The van der Waals surface area contributed by atoms with E-state index in [0.717, 1.165) is 18.1 Å². The van der Waals surface area contributed by atoms with Gasteiger partial charge in [0.05, 0.1) is 0 Å². The summed E-state index contributed by atoms with van der Waals surface area (Å²) in [7, 11) is 0. The van der Waals surface area contributed by atoms with Crippen molar-refractivity contribution >= 4 is 0 Å². The van der Waals surface area contributed by atoms with Gasteiger partial charge < -0.3 is 0 Å². The molecular formula is C27H42F2. The molecule has 0 radical (unpaired) electrons. The highest BCUT2D eigenvalue weighted by Gasteiger charge is 2.34. The molecule has 1 unspecified atom stereocenters. The van der Waals surface area contributed by atoms with Crippen molar-refractivity contribution in [3.8, 4) is 0 Å². The van der Waals surface area contributed by atoms with Crippen molar-refractivity contribution in [3.63, 3.8) is 0 Å². The van der Waals surface area contributed by atoms with Gasteiger partial charge in [0.2, 0.25) is 5.92 Å². The maximum absolute atomic E-state index is 12.5. The number of alkyl halides is 2. The largest absolute Gasteiger partial charge is 0.245 e. The van der Waals surface area contributed by atoms with E-state index in [2.05, 4.69) is 39.8 Å². The first kappa shape index (κ1) is 25.6. The molecule has 29 heavy (non-hydrogen) atoms. The quantitative estimate of drug-likeness (QED) is 0.397. The number of rotatable bonds is 7. The Morgan fingerprint density at radius 3 is 2.34 bits per heavy atom. The molecule has 2 heteroatoms. The van der Waals surface area contributed by atoms with Crippen molar-refractivity contribution < 1.29 is 8.78 Å². The van der Waals surface area contributed by atoms with Crippen LogP contribution < -0.4 is 0 Å². The Hall–Kier alpha value is -1.44. The second-order valence-corrected chi connectivity index (χ2v) is 8.86. The van der Waals surface area contributed by atoms with Crippen LogP contribution in [0, 0.1) is 12.3 Å². The summed E-state index contributed by atoms with van der Waals surface area (Å²) < 4.78 is 25.0. The van der Waals surface area contributed by atoms with Crippen LogP contribution in [0.4, 0.5) is 8.78 Å². The summed E-state index contributed by atoms with van der Waals surface area (Å²) in [6.45, 7) is 12.1. The van der Waals surface area contributed by atoms with Gasteiger partial charge in [-0.05, 0) is 83.6 Å². The lowest BCUT2D eigenvalue weighted by Gasteiger charge is -2.40. The van der Waals surface area contributed by atoms with Gasteiger partial charge in [0.15, 0.2) is 0 Å². The summed E-state index contributed by atoms with van der Waals surface area (Å²) in [5.41, 5.74) is 5.97. The molecule has 0 nitrogen and oxygen atoms in total. The van der Waals surface area contributed by atoms with Crippen molar-refractivity contribution in [1.29, 1.82) is 0 Å². The van der Waals surface area contributed by atoms with Gasteiger partial charge in [-0.25, -0.2) is 8.78 Å². The normalized spacial score (nSPS) is 21.7. The van der Waals surface area contributed by atoms with E-state index in [-0.39, 0.29) is 6.42 Å². The maximum atomic E-state index is 12.5. The molecule has 0 aromatic heterocycles. The molecule has 1 fully saturated rings. The fourth-order valence-electron chi connectivity index (χ4n) is 4.38. The first-order valence-electron chi connectivity index (χ1n) is 11.4. The highest BCUT2D eigenvalue weighted by Crippen LogP contribution is 2.47. The van der Waals surface area contributed by atoms with Crippen LogP contribution >= 0.6 is 0 Å². The zero-order valence-corrected chi connectivity index (χ0v) is 19.6. The van der Waals surface area contributed by atoms with Crippen LogP contribution in [0.3, 0.4) is 0 Å². The minimum atomic E-state index is -2.55. The molecule has 1 aromatic carbocycles. The van der Waals surface area contributed by atoms with Crippen molar-refractivity contribution in [2.24, 2.45) is 5.41 Å². The van der Waals surface area contributed by atoms with E-state index < -0.39 is 5.92 Å². The number of benzene rings is 1. The van der Waals surface area contributed by atoms with Crippen LogP contribution in [0.1, 0.15) is 97.1 Å². The summed E-state index contributed by atoms with van der Waals surface area (Å²) in [5, 5.41) is 0. The minimum absolute atomic E-state index is 0.0734. The number of hydrogen-bond acceptors (Lipinski definition) is 0. The summed E-state index contributed by atoms with van der Waals surface area (Å²) >= 11 is 0. The summed E-state index contributed by atoms with van der Waals surface area (Å²) in [4.78, 5) is 0. The lowest BCUT2D eigenvalue weighted by molar-refractivity contribution is 0.0133. The number of hydrogen-bond donors (Lipinski definition) is 0. The van der Waals surface area contributed by atoms with E-state index in [4.69, 9.17) is 0 Å². The third-order valence-corrected chi connectivity index (χ3v) is 6.18. The molecule has 1 aromatic rings. The molecule has 1 saturated carbocycles. The Labute approximate surface area is 178 Å². The fourth-order valence-corrected chi connectivity index (χ4v) is 4.38. The molecule has 0 heterocycles. The van der Waals surface area contributed by atoms with Crippen LogP contribution in [-0.4, -0.2) is 5.92 Å². The van der Waals surface area contributed by atoms with Gasteiger partial charge in [0.25, 0.3) is 0 Å². The maximum Gasteiger partial charge on any atom is 0.245 e. The molecule has 164 valence electrons. The first-order chi connectivity index (χ1) is 13.7. The van der Waals surface area contributed by atoms with Gasteiger partial charge in [-0.15, -0.1) is 0 Å². The average molecular weight is 405 g/mol. The topological polar surface area (TPSA) is 0 Å². The van der Waals surface area contributed by atoms with Crippen molar-refractivity contribution in [2.45, 2.75) is 105 Å². The summed E-state index contributed by atoms with van der Waals surface area (Å²) in [6.07, 6.45) is 14.5. The lowest BCUT2D eigenvalue weighted by Crippen LogP contribution is -2.26. The van der Waals surface area contributed by atoms with Crippen molar-refractivity contribution in [1.82, 2.24) is 0 Å². The molecule has 1 aliphatic carbocycles. The third kappa shape index (κ3) is 9.28. The van der Waals surface area contributed by atoms with E-state index in [0.29, 0.717) is 11.8 Å². The molecule has 0 amide bonds. The van der Waals surface area contributed by atoms with Gasteiger partial charge in [0, 0.05) is 6.42 Å². The zero-order chi connectivity index (χ0) is 21.9. The van der Waals surface area contributed by atoms with Crippen LogP contribution in [0.5, 0.6) is 0 Å². The predicted molar refractivity (Wildman–Crippen MR) is 124 cm³/mol. The van der Waals surface area contributed by atoms with E-state index in [1.807, 2.05) is 31.2 Å². The highest BCUT2D eigenvalue weighted by atomic mass is 19.3. The van der Waals surface area contributed by atoms with E-state index in [1.54, 1.807) is 11.1 Å². The molecule has 0 saturated heterocycles. The van der Waals surface area contributed by atoms with Gasteiger partial charge in [-0.2, -0.15) is 0 Å². The Balaban J connectivity index is 0.000000296. The second kappa shape index (κ2) is 12.3. The minimum Gasteiger partial charge on any atom is -0.207 e. The van der Waals surface area contributed by atoms with E-state index >= 15 is 0 Å². The van der Waals surface area contributed by atoms with Gasteiger partial charge in [-0.3, -0.25) is 0 Å². The Kier molecular flexibility index (Phi) is 10.9. The molecule has 0 bridgehead atoms. The smallest absolute Gasteiger partial charge is 0.207 e. The monoisotopic (exact) mass is 404 g/mol. The number of halogens is 2. The van der Waals surface area contributed by atoms with Crippen molar-refractivity contribution in [3.05, 3.63) is 58.7 Å². The van der Waals surface area contributed by atoms with Crippen molar-refractivity contribution in [2.75, 3.05) is 0 Å². The molecule has 2 rings (SSSR count). The molecule has 0 spiro atoms. The van der Waals surface area contributed by atoms with Gasteiger partial charge in [-0.1, -0.05) is 73.4 Å². The van der Waals surface area contributed by atoms with Crippen LogP contribution in [-0.2, 0) is 6.42 Å². The van der Waals surface area contributed by atoms with Gasteiger partial charge >= 0.3 is 0 Å². The molecule has 0 aliphatic heterocycles. The predicted octanol–water partition coefficient (Wildman–Crippen LogP) is 9.23. The number of aryl methyl sites for hydroxylation is 2. The van der Waals surface area contributed by atoms with Gasteiger partial charge in [0.1, 0.15) is 0 Å². The van der Waals surface area contributed by atoms with Crippen LogP contribution in [0.15, 0.2) is 47.6 Å². The average Bonchev–Trinajstić information content (AvgIpc) is 2.67. The molecular weight excluding hydrogens is 362 g/mol. The highest BCUT2D eigenvalue weighted by molar-refractivity contribution is 5.22. The SMILES string of the molecule is C/C=C(\C)C1(CCC)CCC/C(=C\CC)C1.Cc1ccc(CCC(C)(F)F)cc1. The fraction of sp³-hybridized carbons (Fsp3) is 0.630. The third-order valence-electron chi connectivity index (χ3n) is 6.18. The second-order valence-electron chi connectivity index (χ2n) is 8.86. The summed E-state index contributed by atoms with van der Waals surface area (Å²) in [5.74, 6) is -2.55. The Morgan fingerprint density at radius 1 is 1.17 bits per heavy atom. The standard InChI is InChI=1S/C16H28.C11H14F2/c1-5-9-15-10-8-12-16(13-15,11-6-2)14(4)7-3;1-9-3-5-10(6-4-9)7-8-11(2,12)13/h7,9H,5-6,8,10-13H2,1-4H3;3-6H,7-8H2,1-2H3/b14-7+,15-9+;. The van der Waals surface area contributed by atoms with Crippen LogP contribution in [0.25, 0.3) is 0 Å². The molecule has 0 N–H and O–H groups in total. The molecule has 1 aliphatic rings. The molecule has 1 atom stereocenters.